The predicted molar refractivity (Wildman–Crippen MR) is 74.1 cm³/mol. The second-order valence-corrected chi connectivity index (χ2v) is 4.24. The average molecular weight is 287 g/mol. The van der Waals surface area contributed by atoms with Crippen molar-refractivity contribution in [1.82, 2.24) is 0 Å². The molecule has 0 spiro atoms. The minimum atomic E-state index is -0.230. The van der Waals surface area contributed by atoms with Gasteiger partial charge in [0.1, 0.15) is 0 Å². The third-order valence-corrected chi connectivity index (χ3v) is 2.89. The third kappa shape index (κ3) is 4.63. The summed E-state index contributed by atoms with van der Waals surface area (Å²) in [5.41, 5.74) is 0.843. The molecule has 0 amide bonds. The Hall–Kier alpha value is -1.42. The first-order valence-corrected chi connectivity index (χ1v) is 6.65. The topological polar surface area (TPSA) is 44.8 Å². The number of hydrogen-bond donors (Lipinski definition) is 0. The molecule has 0 fully saturated rings. The van der Waals surface area contributed by atoms with Crippen molar-refractivity contribution < 1.29 is 19.0 Å². The van der Waals surface area contributed by atoms with Crippen LogP contribution in [0, 0.1) is 0 Å². The van der Waals surface area contributed by atoms with Crippen LogP contribution in [-0.2, 0) is 16.0 Å². The van der Waals surface area contributed by atoms with Gasteiger partial charge in [-0.15, -0.1) is 0 Å². The molecule has 0 atom stereocenters. The Morgan fingerprint density at radius 2 is 1.95 bits per heavy atom. The number of rotatable bonds is 7. The van der Waals surface area contributed by atoms with Gasteiger partial charge < -0.3 is 14.2 Å². The molecule has 0 aromatic heterocycles. The van der Waals surface area contributed by atoms with E-state index >= 15 is 0 Å². The summed E-state index contributed by atoms with van der Waals surface area (Å²) < 4.78 is 15.6. The fourth-order valence-corrected chi connectivity index (χ4v) is 1.91. The number of hydrogen-bond acceptors (Lipinski definition) is 4. The maximum Gasteiger partial charge on any atom is 0.306 e. The predicted octanol–water partition coefficient (Wildman–Crippen LogP) is 3.24. The molecule has 0 aliphatic rings. The van der Waals surface area contributed by atoms with Gasteiger partial charge in [-0.1, -0.05) is 11.6 Å². The van der Waals surface area contributed by atoms with Crippen LogP contribution in [0.5, 0.6) is 11.5 Å². The highest BCUT2D eigenvalue weighted by Gasteiger charge is 2.12. The molecule has 106 valence electrons. The lowest BCUT2D eigenvalue weighted by Gasteiger charge is -2.12. The van der Waals surface area contributed by atoms with Gasteiger partial charge in [0, 0.05) is 17.5 Å². The van der Waals surface area contributed by atoms with Crippen LogP contribution in [0.1, 0.15) is 25.8 Å². The van der Waals surface area contributed by atoms with E-state index < -0.39 is 0 Å². The number of methoxy groups -OCH3 is 1. The number of carbonyl (C=O) groups is 1. The summed E-state index contributed by atoms with van der Waals surface area (Å²) in [7, 11) is 1.57. The molecule has 1 aromatic carbocycles. The zero-order valence-electron chi connectivity index (χ0n) is 11.5. The van der Waals surface area contributed by atoms with Gasteiger partial charge in [0.05, 0.1) is 20.3 Å². The van der Waals surface area contributed by atoms with Crippen LogP contribution in [-0.4, -0.2) is 26.3 Å². The first-order chi connectivity index (χ1) is 9.12. The van der Waals surface area contributed by atoms with Crippen LogP contribution in [0.3, 0.4) is 0 Å². The molecule has 0 aliphatic carbocycles. The highest BCUT2D eigenvalue weighted by Crippen LogP contribution is 2.33. The maximum absolute atomic E-state index is 11.3. The molecular formula is C14H19ClO4. The number of esters is 1. The molecule has 0 N–H and O–H groups in total. The molecule has 1 rings (SSSR count). The second kappa shape index (κ2) is 7.89. The van der Waals surface area contributed by atoms with Crippen LogP contribution >= 0.6 is 11.6 Å². The van der Waals surface area contributed by atoms with E-state index in [4.69, 9.17) is 25.8 Å². The third-order valence-electron chi connectivity index (χ3n) is 2.54. The molecule has 0 heterocycles. The molecule has 4 nitrogen and oxygen atoms in total. The molecular weight excluding hydrogens is 268 g/mol. The van der Waals surface area contributed by atoms with E-state index in [9.17, 15) is 4.79 Å². The first kappa shape index (κ1) is 15.6. The number of halogens is 1. The van der Waals surface area contributed by atoms with Gasteiger partial charge in [0.15, 0.2) is 11.5 Å². The standard InChI is InChI=1S/C14H19ClO4/c1-4-18-13-9-11(15)10(8-12(13)17-3)6-7-14(16)19-5-2/h8-9H,4-7H2,1-3H3. The molecule has 5 heteroatoms. The van der Waals surface area contributed by atoms with E-state index in [0.29, 0.717) is 42.6 Å². The largest absolute Gasteiger partial charge is 0.493 e. The summed E-state index contributed by atoms with van der Waals surface area (Å²) in [5.74, 6) is 0.992. The molecule has 0 radical (unpaired) electrons. The second-order valence-electron chi connectivity index (χ2n) is 3.83. The molecule has 1 aromatic rings. The van der Waals surface area contributed by atoms with E-state index in [1.54, 1.807) is 26.2 Å². The fourth-order valence-electron chi connectivity index (χ4n) is 1.67. The smallest absolute Gasteiger partial charge is 0.306 e. The summed E-state index contributed by atoms with van der Waals surface area (Å²) in [6.07, 6.45) is 0.811. The SMILES string of the molecule is CCOC(=O)CCc1cc(OC)c(OCC)cc1Cl. The fraction of sp³-hybridized carbons (Fsp3) is 0.500. The number of ether oxygens (including phenoxy) is 3. The summed E-state index contributed by atoms with van der Waals surface area (Å²) in [5, 5.41) is 0.563. The highest BCUT2D eigenvalue weighted by atomic mass is 35.5. The van der Waals surface area contributed by atoms with Gasteiger partial charge in [0.25, 0.3) is 0 Å². The van der Waals surface area contributed by atoms with Crippen molar-refractivity contribution in [2.75, 3.05) is 20.3 Å². The Morgan fingerprint density at radius 1 is 1.21 bits per heavy atom. The zero-order valence-corrected chi connectivity index (χ0v) is 12.3. The van der Waals surface area contributed by atoms with Crippen molar-refractivity contribution >= 4 is 17.6 Å². The van der Waals surface area contributed by atoms with Crippen LogP contribution in [0.2, 0.25) is 5.02 Å². The lowest BCUT2D eigenvalue weighted by atomic mass is 10.1. The average Bonchev–Trinajstić information content (AvgIpc) is 2.38. The van der Waals surface area contributed by atoms with E-state index in [0.717, 1.165) is 5.56 Å². The van der Waals surface area contributed by atoms with Crippen molar-refractivity contribution in [1.29, 1.82) is 0 Å². The summed E-state index contributed by atoms with van der Waals surface area (Å²) in [6, 6.07) is 3.51. The number of aryl methyl sites for hydroxylation is 1. The Balaban J connectivity index is 2.81. The van der Waals surface area contributed by atoms with Crippen molar-refractivity contribution in [3.05, 3.63) is 22.7 Å². The Kier molecular flexibility index (Phi) is 6.50. The van der Waals surface area contributed by atoms with Crippen LogP contribution in [0.25, 0.3) is 0 Å². The van der Waals surface area contributed by atoms with Crippen LogP contribution in [0.4, 0.5) is 0 Å². The lowest BCUT2D eigenvalue weighted by Crippen LogP contribution is -2.05. The molecule has 0 bridgehead atoms. The number of benzene rings is 1. The molecule has 0 saturated heterocycles. The normalized spacial score (nSPS) is 10.1. The zero-order chi connectivity index (χ0) is 14.3. The Labute approximate surface area is 118 Å². The number of carbonyl (C=O) groups excluding carboxylic acids is 1. The van der Waals surface area contributed by atoms with Crippen LogP contribution < -0.4 is 9.47 Å². The Morgan fingerprint density at radius 3 is 2.53 bits per heavy atom. The minimum Gasteiger partial charge on any atom is -0.493 e. The van der Waals surface area contributed by atoms with Gasteiger partial charge >= 0.3 is 5.97 Å². The first-order valence-electron chi connectivity index (χ1n) is 6.27. The summed E-state index contributed by atoms with van der Waals surface area (Å²) in [4.78, 5) is 11.3. The van der Waals surface area contributed by atoms with E-state index in [1.807, 2.05) is 6.92 Å². The highest BCUT2D eigenvalue weighted by molar-refractivity contribution is 6.31. The quantitative estimate of drug-likeness (QED) is 0.722. The van der Waals surface area contributed by atoms with E-state index in [-0.39, 0.29) is 5.97 Å². The van der Waals surface area contributed by atoms with Gasteiger partial charge in [-0.25, -0.2) is 0 Å². The van der Waals surface area contributed by atoms with Crippen molar-refractivity contribution in [3.63, 3.8) is 0 Å². The lowest BCUT2D eigenvalue weighted by molar-refractivity contribution is -0.143. The summed E-state index contributed by atoms with van der Waals surface area (Å²) >= 11 is 6.17. The molecule has 0 aliphatic heterocycles. The molecule has 0 unspecified atom stereocenters. The monoisotopic (exact) mass is 286 g/mol. The molecule has 19 heavy (non-hydrogen) atoms. The van der Waals surface area contributed by atoms with Crippen molar-refractivity contribution in [2.24, 2.45) is 0 Å². The minimum absolute atomic E-state index is 0.230. The van der Waals surface area contributed by atoms with Crippen molar-refractivity contribution in [3.8, 4) is 11.5 Å². The summed E-state index contributed by atoms with van der Waals surface area (Å²) in [6.45, 7) is 4.60. The van der Waals surface area contributed by atoms with Gasteiger partial charge in [0.2, 0.25) is 0 Å². The Bertz CT molecular complexity index is 432. The maximum atomic E-state index is 11.3. The van der Waals surface area contributed by atoms with Gasteiger partial charge in [-0.2, -0.15) is 0 Å². The van der Waals surface area contributed by atoms with Gasteiger partial charge in [-0.3, -0.25) is 4.79 Å². The van der Waals surface area contributed by atoms with E-state index in [1.165, 1.54) is 0 Å². The van der Waals surface area contributed by atoms with Crippen LogP contribution in [0.15, 0.2) is 12.1 Å². The molecule has 0 saturated carbocycles. The van der Waals surface area contributed by atoms with Gasteiger partial charge in [-0.05, 0) is 31.9 Å². The van der Waals surface area contributed by atoms with Crippen molar-refractivity contribution in [2.45, 2.75) is 26.7 Å². The van der Waals surface area contributed by atoms with E-state index in [2.05, 4.69) is 0 Å².